The number of non-ortho nitro benzene ring substituents is 1. The molecule has 1 aromatic heterocycles. The van der Waals surface area contributed by atoms with Crippen LogP contribution in [0.4, 0.5) is 5.69 Å². The minimum Gasteiger partial charge on any atom is -0.455 e. The fourth-order valence-electron chi connectivity index (χ4n) is 4.46. The molecule has 2 aliphatic carbocycles. The summed E-state index contributed by atoms with van der Waals surface area (Å²) in [6.07, 6.45) is 6.07. The first-order valence-electron chi connectivity index (χ1n) is 9.27. The highest BCUT2D eigenvalue weighted by molar-refractivity contribution is 6.33. The molecule has 146 valence electrons. The average molecular weight is 402 g/mol. The van der Waals surface area contributed by atoms with Gasteiger partial charge in [-0.05, 0) is 42.4 Å². The van der Waals surface area contributed by atoms with E-state index in [2.05, 4.69) is 17.5 Å². The number of benzene rings is 1. The van der Waals surface area contributed by atoms with Crippen molar-refractivity contribution in [1.29, 1.82) is 0 Å². The number of furan rings is 1. The summed E-state index contributed by atoms with van der Waals surface area (Å²) in [5, 5.41) is 15.0. The Kier molecular flexibility index (Phi) is 4.71. The van der Waals surface area contributed by atoms with Crippen LogP contribution in [0.2, 0.25) is 5.02 Å². The second-order valence-electron chi connectivity index (χ2n) is 7.69. The van der Waals surface area contributed by atoms with E-state index in [4.69, 9.17) is 16.0 Å². The van der Waals surface area contributed by atoms with E-state index in [0.717, 1.165) is 12.8 Å². The van der Waals surface area contributed by atoms with Gasteiger partial charge >= 0.3 is 0 Å². The van der Waals surface area contributed by atoms with E-state index in [1.807, 2.05) is 0 Å². The number of carbonyl (C=O) groups is 1. The Bertz CT molecular complexity index is 970. The Balaban J connectivity index is 1.40. The number of nitro benzene ring substituents is 1. The van der Waals surface area contributed by atoms with Crippen LogP contribution in [0.15, 0.2) is 39.9 Å². The minimum atomic E-state index is -0.505. The van der Waals surface area contributed by atoms with Crippen LogP contribution >= 0.6 is 11.6 Å². The van der Waals surface area contributed by atoms with Crippen molar-refractivity contribution in [3.63, 3.8) is 0 Å². The molecule has 0 unspecified atom stereocenters. The van der Waals surface area contributed by atoms with E-state index < -0.39 is 4.92 Å². The number of hydrazone groups is 1. The smallest absolute Gasteiger partial charge is 0.270 e. The van der Waals surface area contributed by atoms with Crippen molar-refractivity contribution < 1.29 is 14.1 Å². The summed E-state index contributed by atoms with van der Waals surface area (Å²) in [4.78, 5) is 22.7. The summed E-state index contributed by atoms with van der Waals surface area (Å²) in [6.45, 7) is 2.19. The number of nitro groups is 1. The second kappa shape index (κ2) is 7.05. The zero-order valence-corrected chi connectivity index (χ0v) is 16.1. The SMILES string of the molecule is C[C@]12CCCC[C@H]1[C@@H]2C(=O)N/N=C\c1ccc(-c2ccc([N+](=O)[O-])cc2Cl)o1. The summed E-state index contributed by atoms with van der Waals surface area (Å²) < 4.78 is 5.67. The van der Waals surface area contributed by atoms with Crippen molar-refractivity contribution in [1.82, 2.24) is 5.43 Å². The molecule has 0 saturated heterocycles. The molecule has 0 bridgehead atoms. The van der Waals surface area contributed by atoms with E-state index >= 15 is 0 Å². The molecule has 8 heteroatoms. The van der Waals surface area contributed by atoms with Crippen LogP contribution < -0.4 is 5.43 Å². The number of fused-ring (bicyclic) bond motifs is 1. The van der Waals surface area contributed by atoms with Crippen LogP contribution in [-0.2, 0) is 4.79 Å². The van der Waals surface area contributed by atoms with E-state index in [1.54, 1.807) is 12.1 Å². The topological polar surface area (TPSA) is 97.7 Å². The van der Waals surface area contributed by atoms with E-state index in [-0.39, 0.29) is 28.0 Å². The predicted molar refractivity (Wildman–Crippen MR) is 105 cm³/mol. The number of carbonyl (C=O) groups excluding carboxylic acids is 1. The number of hydrogen-bond acceptors (Lipinski definition) is 5. The van der Waals surface area contributed by atoms with E-state index in [9.17, 15) is 14.9 Å². The summed E-state index contributed by atoms with van der Waals surface area (Å²) in [5.41, 5.74) is 3.23. The average Bonchev–Trinajstić information content (AvgIpc) is 3.03. The summed E-state index contributed by atoms with van der Waals surface area (Å²) >= 11 is 6.12. The number of nitrogens with one attached hydrogen (secondary N) is 1. The first-order chi connectivity index (χ1) is 13.4. The molecule has 0 aliphatic heterocycles. The molecule has 0 spiro atoms. The van der Waals surface area contributed by atoms with Crippen LogP contribution in [0, 0.1) is 27.4 Å². The maximum atomic E-state index is 12.4. The highest BCUT2D eigenvalue weighted by Crippen LogP contribution is 2.66. The highest BCUT2D eigenvalue weighted by atomic mass is 35.5. The molecule has 2 aliphatic rings. The van der Waals surface area contributed by atoms with Crippen LogP contribution in [0.1, 0.15) is 38.4 Å². The highest BCUT2D eigenvalue weighted by Gasteiger charge is 2.64. The molecule has 2 aromatic rings. The van der Waals surface area contributed by atoms with Gasteiger partial charge in [-0.2, -0.15) is 5.10 Å². The van der Waals surface area contributed by atoms with Crippen molar-refractivity contribution in [3.05, 3.63) is 51.2 Å². The summed E-state index contributed by atoms with van der Waals surface area (Å²) in [7, 11) is 0. The number of nitrogens with zero attached hydrogens (tertiary/aromatic N) is 2. The molecule has 1 N–H and O–H groups in total. The molecule has 1 amide bonds. The van der Waals surface area contributed by atoms with Crippen molar-refractivity contribution in [2.75, 3.05) is 0 Å². The van der Waals surface area contributed by atoms with Gasteiger partial charge in [-0.3, -0.25) is 14.9 Å². The number of rotatable bonds is 5. The standard InChI is InChI=1S/C20H20ClN3O4/c1-20-9-3-2-4-15(20)18(20)19(25)23-22-11-13-6-8-17(28-13)14-7-5-12(24(26)27)10-16(14)21/h5-8,10-11,15,18H,2-4,9H2,1H3,(H,23,25)/b22-11-/t15-,18+,20-/m0/s1. The number of hydrogen-bond donors (Lipinski definition) is 1. The van der Waals surface area contributed by atoms with Gasteiger partial charge in [0.15, 0.2) is 0 Å². The lowest BCUT2D eigenvalue weighted by Gasteiger charge is -2.15. The first-order valence-corrected chi connectivity index (χ1v) is 9.65. The molecular formula is C20H20ClN3O4. The Labute approximate surface area is 166 Å². The molecule has 1 heterocycles. The van der Waals surface area contributed by atoms with Crippen LogP contribution in [-0.4, -0.2) is 17.0 Å². The van der Waals surface area contributed by atoms with Crippen molar-refractivity contribution in [3.8, 4) is 11.3 Å². The monoisotopic (exact) mass is 401 g/mol. The maximum Gasteiger partial charge on any atom is 0.270 e. The lowest BCUT2D eigenvalue weighted by molar-refractivity contribution is -0.384. The van der Waals surface area contributed by atoms with Gasteiger partial charge in [0.2, 0.25) is 5.91 Å². The fourth-order valence-corrected chi connectivity index (χ4v) is 4.73. The predicted octanol–water partition coefficient (Wildman–Crippen LogP) is 4.78. The normalized spacial score (nSPS) is 26.1. The van der Waals surface area contributed by atoms with E-state index in [1.165, 1.54) is 37.3 Å². The third-order valence-corrected chi connectivity index (χ3v) is 6.35. The van der Waals surface area contributed by atoms with Gasteiger partial charge in [0.1, 0.15) is 11.5 Å². The van der Waals surface area contributed by atoms with Gasteiger partial charge in [0.25, 0.3) is 5.69 Å². The van der Waals surface area contributed by atoms with Gasteiger partial charge in [0.05, 0.1) is 16.2 Å². The van der Waals surface area contributed by atoms with Gasteiger partial charge in [-0.15, -0.1) is 0 Å². The fraction of sp³-hybridized carbons (Fsp3) is 0.400. The second-order valence-corrected chi connectivity index (χ2v) is 8.10. The van der Waals surface area contributed by atoms with Crippen molar-refractivity contribution in [2.24, 2.45) is 22.4 Å². The molecule has 4 rings (SSSR count). The van der Waals surface area contributed by atoms with Gasteiger partial charge in [-0.25, -0.2) is 5.43 Å². The van der Waals surface area contributed by atoms with Gasteiger partial charge in [-0.1, -0.05) is 31.4 Å². The first kappa shape index (κ1) is 18.7. The van der Waals surface area contributed by atoms with Crippen molar-refractivity contribution >= 4 is 29.4 Å². The number of amides is 1. The molecule has 28 heavy (non-hydrogen) atoms. The quantitative estimate of drug-likeness (QED) is 0.442. The van der Waals surface area contributed by atoms with E-state index in [0.29, 0.717) is 23.0 Å². The van der Waals surface area contributed by atoms with Crippen LogP contribution in [0.5, 0.6) is 0 Å². The van der Waals surface area contributed by atoms with Gasteiger partial charge in [0, 0.05) is 23.6 Å². The third-order valence-electron chi connectivity index (χ3n) is 6.04. The number of halogens is 1. The molecule has 2 fully saturated rings. The Morgan fingerprint density at radius 3 is 2.89 bits per heavy atom. The molecule has 7 nitrogen and oxygen atoms in total. The Morgan fingerprint density at radius 2 is 2.21 bits per heavy atom. The summed E-state index contributed by atoms with van der Waals surface area (Å²) in [6, 6.07) is 7.58. The lowest BCUT2D eigenvalue weighted by Crippen LogP contribution is -2.22. The molecular weight excluding hydrogens is 382 g/mol. The third kappa shape index (κ3) is 3.30. The molecule has 0 radical (unpaired) electrons. The molecule has 3 atom stereocenters. The van der Waals surface area contributed by atoms with Crippen LogP contribution in [0.25, 0.3) is 11.3 Å². The maximum absolute atomic E-state index is 12.4. The van der Waals surface area contributed by atoms with Crippen molar-refractivity contribution in [2.45, 2.75) is 32.6 Å². The largest absolute Gasteiger partial charge is 0.455 e. The van der Waals surface area contributed by atoms with Crippen LogP contribution in [0.3, 0.4) is 0 Å². The molecule has 1 aromatic carbocycles. The Hall–Kier alpha value is -2.67. The Morgan fingerprint density at radius 1 is 1.39 bits per heavy atom. The van der Waals surface area contributed by atoms with Gasteiger partial charge < -0.3 is 4.42 Å². The minimum absolute atomic E-state index is 0.0316. The zero-order valence-electron chi connectivity index (χ0n) is 15.4. The zero-order chi connectivity index (χ0) is 19.9. The molecule has 2 saturated carbocycles. The lowest BCUT2D eigenvalue weighted by atomic mass is 9.90. The summed E-state index contributed by atoms with van der Waals surface area (Å²) in [5.74, 6) is 1.42.